The van der Waals surface area contributed by atoms with Crippen LogP contribution in [-0.2, 0) is 0 Å². The van der Waals surface area contributed by atoms with Crippen LogP contribution in [0.5, 0.6) is 5.75 Å². The molecule has 1 aromatic rings. The van der Waals surface area contributed by atoms with Crippen LogP contribution in [0.2, 0.25) is 0 Å². The SMILES string of the molecule is COc1ccccc1B(O)O.O[B]O. The summed E-state index contributed by atoms with van der Waals surface area (Å²) in [5.74, 6) is 0.488. The van der Waals surface area contributed by atoms with Gasteiger partial charge in [-0.1, -0.05) is 18.2 Å². The van der Waals surface area contributed by atoms with Gasteiger partial charge >= 0.3 is 14.8 Å². The Hall–Kier alpha value is -1.01. The van der Waals surface area contributed by atoms with Crippen molar-refractivity contribution in [3.63, 3.8) is 0 Å². The highest BCUT2D eigenvalue weighted by atomic mass is 16.5. The summed E-state index contributed by atoms with van der Waals surface area (Å²) < 4.78 is 4.89. The summed E-state index contributed by atoms with van der Waals surface area (Å²) in [7, 11) is 0.0208. The smallest absolute Gasteiger partial charge is 0.492 e. The highest BCUT2D eigenvalue weighted by molar-refractivity contribution is 6.59. The van der Waals surface area contributed by atoms with Crippen LogP contribution in [0.15, 0.2) is 24.3 Å². The van der Waals surface area contributed by atoms with Gasteiger partial charge in [0.25, 0.3) is 0 Å². The predicted octanol–water partition coefficient (Wildman–Crippen LogP) is -2.12. The first-order chi connectivity index (χ1) is 6.67. The Morgan fingerprint density at radius 1 is 1.21 bits per heavy atom. The van der Waals surface area contributed by atoms with Crippen LogP contribution in [0, 0.1) is 0 Å². The fourth-order valence-electron chi connectivity index (χ4n) is 0.880. The van der Waals surface area contributed by atoms with Gasteiger partial charge in [-0.3, -0.25) is 0 Å². The Morgan fingerprint density at radius 3 is 2.07 bits per heavy atom. The monoisotopic (exact) mass is 197 g/mol. The molecule has 7 heteroatoms. The van der Waals surface area contributed by atoms with Crippen molar-refractivity contribution in [2.45, 2.75) is 0 Å². The Kier molecular flexibility index (Phi) is 6.87. The van der Waals surface area contributed by atoms with Crippen LogP contribution in [-0.4, -0.2) is 42.0 Å². The first-order valence-corrected chi connectivity index (χ1v) is 3.76. The van der Waals surface area contributed by atoms with Gasteiger partial charge in [0, 0.05) is 5.46 Å². The van der Waals surface area contributed by atoms with E-state index in [2.05, 4.69) is 0 Å². The number of hydrogen-bond donors (Lipinski definition) is 4. The quantitative estimate of drug-likeness (QED) is 0.407. The van der Waals surface area contributed by atoms with Crippen molar-refractivity contribution in [2.75, 3.05) is 7.11 Å². The zero-order valence-corrected chi connectivity index (χ0v) is 7.66. The fraction of sp³-hybridized carbons (Fsp3) is 0.143. The van der Waals surface area contributed by atoms with Crippen molar-refractivity contribution in [1.82, 2.24) is 0 Å². The molecule has 0 aliphatic heterocycles. The van der Waals surface area contributed by atoms with E-state index in [0.717, 1.165) is 0 Å². The molecule has 4 N–H and O–H groups in total. The molecule has 0 fully saturated rings. The first kappa shape index (κ1) is 13.0. The zero-order valence-electron chi connectivity index (χ0n) is 7.66. The van der Waals surface area contributed by atoms with E-state index >= 15 is 0 Å². The molecular formula is C7H11B2O5. The minimum absolute atomic E-state index is 0. The minimum atomic E-state index is -1.47. The topological polar surface area (TPSA) is 90.2 Å². The standard InChI is InChI=1S/C7H9BO3.BH2O2/c1-11-7-5-3-2-4-6(7)8(9)10;2-1-3/h2-5,9-10H,1H3;2-3H. The third kappa shape index (κ3) is 4.29. The van der Waals surface area contributed by atoms with E-state index in [1.54, 1.807) is 24.3 Å². The summed E-state index contributed by atoms with van der Waals surface area (Å²) in [4.78, 5) is 0. The average molecular weight is 197 g/mol. The van der Waals surface area contributed by atoms with Gasteiger partial charge in [0.15, 0.2) is 0 Å². The van der Waals surface area contributed by atoms with Gasteiger partial charge < -0.3 is 24.8 Å². The molecule has 0 aliphatic carbocycles. The van der Waals surface area contributed by atoms with Crippen molar-refractivity contribution in [1.29, 1.82) is 0 Å². The molecule has 0 amide bonds. The third-order valence-corrected chi connectivity index (χ3v) is 1.42. The molecule has 5 nitrogen and oxygen atoms in total. The number of hydrogen-bond acceptors (Lipinski definition) is 5. The Balaban J connectivity index is 0.000000500. The van der Waals surface area contributed by atoms with E-state index in [-0.39, 0.29) is 7.69 Å². The number of rotatable bonds is 2. The van der Waals surface area contributed by atoms with Crippen LogP contribution in [0.3, 0.4) is 0 Å². The molecule has 0 saturated heterocycles. The summed E-state index contributed by atoms with van der Waals surface area (Å²) in [6, 6.07) is 6.76. The van der Waals surface area contributed by atoms with Crippen molar-refractivity contribution >= 4 is 20.3 Å². The highest BCUT2D eigenvalue weighted by Crippen LogP contribution is 2.04. The number of para-hydroxylation sites is 1. The molecule has 0 aliphatic rings. The second-order valence-electron chi connectivity index (χ2n) is 2.23. The molecule has 1 rings (SSSR count). The van der Waals surface area contributed by atoms with Crippen LogP contribution >= 0.6 is 0 Å². The average Bonchev–Trinajstić information content (AvgIpc) is 2.19. The third-order valence-electron chi connectivity index (χ3n) is 1.42. The summed E-state index contributed by atoms with van der Waals surface area (Å²) >= 11 is 0. The number of methoxy groups -OCH3 is 1. The molecule has 0 unspecified atom stereocenters. The Labute approximate surface area is 83.0 Å². The van der Waals surface area contributed by atoms with E-state index in [4.69, 9.17) is 24.8 Å². The van der Waals surface area contributed by atoms with Gasteiger partial charge in [0.1, 0.15) is 5.75 Å². The van der Waals surface area contributed by atoms with Crippen molar-refractivity contribution in [3.8, 4) is 5.75 Å². The maximum atomic E-state index is 8.81. The molecule has 0 atom stereocenters. The molecular weight excluding hydrogens is 186 g/mol. The lowest BCUT2D eigenvalue weighted by Crippen LogP contribution is -2.30. The lowest BCUT2D eigenvalue weighted by atomic mass is 9.80. The number of ether oxygens (including phenoxy) is 1. The van der Waals surface area contributed by atoms with Gasteiger partial charge in [-0.25, -0.2) is 0 Å². The van der Waals surface area contributed by atoms with Gasteiger partial charge in [-0.2, -0.15) is 0 Å². The maximum Gasteiger partial charge on any atom is 0.492 e. The van der Waals surface area contributed by atoms with Gasteiger partial charge in [-0.15, -0.1) is 0 Å². The normalized spacial score (nSPS) is 8.36. The second kappa shape index (κ2) is 7.40. The minimum Gasteiger partial charge on any atom is -0.497 e. The van der Waals surface area contributed by atoms with Crippen LogP contribution < -0.4 is 10.2 Å². The van der Waals surface area contributed by atoms with E-state index in [0.29, 0.717) is 11.2 Å². The molecule has 0 heterocycles. The number of benzene rings is 1. The molecule has 75 valence electrons. The molecule has 0 bridgehead atoms. The predicted molar refractivity (Wildman–Crippen MR) is 53.0 cm³/mol. The van der Waals surface area contributed by atoms with Crippen molar-refractivity contribution in [2.24, 2.45) is 0 Å². The molecule has 1 aromatic carbocycles. The van der Waals surface area contributed by atoms with Gasteiger partial charge in [0.2, 0.25) is 0 Å². The fourth-order valence-corrected chi connectivity index (χ4v) is 0.880. The molecule has 14 heavy (non-hydrogen) atoms. The van der Waals surface area contributed by atoms with Crippen molar-refractivity contribution in [3.05, 3.63) is 24.3 Å². The molecule has 0 saturated carbocycles. The van der Waals surface area contributed by atoms with E-state index in [1.807, 2.05) is 0 Å². The summed E-state index contributed by atoms with van der Waals surface area (Å²) in [6.45, 7) is 0. The van der Waals surface area contributed by atoms with Crippen LogP contribution in [0.1, 0.15) is 0 Å². The summed E-state index contributed by atoms with van der Waals surface area (Å²) in [5.41, 5.74) is 0.384. The first-order valence-electron chi connectivity index (χ1n) is 3.76. The summed E-state index contributed by atoms with van der Waals surface area (Å²) in [5, 5.41) is 31.6. The van der Waals surface area contributed by atoms with Crippen LogP contribution in [0.25, 0.3) is 0 Å². The lowest BCUT2D eigenvalue weighted by Gasteiger charge is -2.05. The zero-order chi connectivity index (χ0) is 11.0. The molecule has 0 aromatic heterocycles. The van der Waals surface area contributed by atoms with Crippen LogP contribution in [0.4, 0.5) is 0 Å². The summed E-state index contributed by atoms with van der Waals surface area (Å²) in [6.07, 6.45) is 0. The molecule has 0 spiro atoms. The van der Waals surface area contributed by atoms with E-state index in [9.17, 15) is 0 Å². The van der Waals surface area contributed by atoms with Gasteiger partial charge in [-0.05, 0) is 6.07 Å². The Morgan fingerprint density at radius 2 is 1.71 bits per heavy atom. The van der Waals surface area contributed by atoms with E-state index < -0.39 is 7.12 Å². The highest BCUT2D eigenvalue weighted by Gasteiger charge is 2.14. The molecule has 1 radical (unpaired) electrons. The largest absolute Gasteiger partial charge is 0.497 e. The van der Waals surface area contributed by atoms with E-state index in [1.165, 1.54) is 7.11 Å². The Bertz CT molecular complexity index is 256. The van der Waals surface area contributed by atoms with Crippen molar-refractivity contribution < 1.29 is 24.8 Å². The van der Waals surface area contributed by atoms with Gasteiger partial charge in [0.05, 0.1) is 7.11 Å². The second-order valence-corrected chi connectivity index (χ2v) is 2.23. The maximum absolute atomic E-state index is 8.81. The lowest BCUT2D eigenvalue weighted by molar-refractivity contribution is 0.403.